The van der Waals surface area contributed by atoms with E-state index in [9.17, 15) is 9.18 Å². The number of nitrogens with zero attached hydrogens (tertiary/aromatic N) is 1. The number of amides is 1. The molecule has 1 aromatic carbocycles. The molecule has 2 aromatic rings. The van der Waals surface area contributed by atoms with E-state index in [0.717, 1.165) is 6.42 Å². The molecular formula is C17H19ClFN3O2. The first kappa shape index (κ1) is 18.0. The van der Waals surface area contributed by atoms with E-state index in [-0.39, 0.29) is 23.8 Å². The quantitative estimate of drug-likeness (QED) is 0.799. The van der Waals surface area contributed by atoms with Crippen molar-refractivity contribution >= 4 is 23.3 Å². The van der Waals surface area contributed by atoms with Gasteiger partial charge in [0.1, 0.15) is 11.4 Å². The van der Waals surface area contributed by atoms with Gasteiger partial charge in [0.25, 0.3) is 5.91 Å². The van der Waals surface area contributed by atoms with Gasteiger partial charge < -0.3 is 15.4 Å². The molecule has 0 aliphatic rings. The smallest absolute Gasteiger partial charge is 0.256 e. The van der Waals surface area contributed by atoms with Gasteiger partial charge in [0.15, 0.2) is 11.6 Å². The highest BCUT2D eigenvalue weighted by atomic mass is 35.5. The average molecular weight is 352 g/mol. The van der Waals surface area contributed by atoms with Crippen molar-refractivity contribution in [1.82, 2.24) is 10.3 Å². The zero-order valence-electron chi connectivity index (χ0n) is 13.5. The molecule has 1 heterocycles. The molecule has 7 heteroatoms. The number of hydrogen-bond acceptors (Lipinski definition) is 4. The predicted octanol–water partition coefficient (Wildman–Crippen LogP) is 3.63. The third-order valence-corrected chi connectivity index (χ3v) is 3.65. The first-order valence-corrected chi connectivity index (χ1v) is 7.93. The highest BCUT2D eigenvalue weighted by Crippen LogP contribution is 2.22. The summed E-state index contributed by atoms with van der Waals surface area (Å²) in [6.07, 6.45) is 2.43. The van der Waals surface area contributed by atoms with Gasteiger partial charge in [0.2, 0.25) is 0 Å². The number of pyridine rings is 1. The molecule has 128 valence electrons. The largest absolute Gasteiger partial charge is 0.494 e. The molecule has 2 rings (SSSR count). The molecule has 0 saturated heterocycles. The number of benzene rings is 1. The number of carbonyl (C=O) groups is 1. The number of halogens is 2. The number of ether oxygens (including phenoxy) is 1. The van der Waals surface area contributed by atoms with Crippen LogP contribution in [0.15, 0.2) is 30.5 Å². The van der Waals surface area contributed by atoms with E-state index in [1.807, 2.05) is 6.92 Å². The van der Waals surface area contributed by atoms with Crippen molar-refractivity contribution in [3.8, 4) is 5.75 Å². The van der Waals surface area contributed by atoms with Crippen LogP contribution in [0.3, 0.4) is 0 Å². The first-order valence-electron chi connectivity index (χ1n) is 7.55. The molecular weight excluding hydrogens is 333 g/mol. The minimum Gasteiger partial charge on any atom is -0.494 e. The molecule has 2 N–H and O–H groups in total. The van der Waals surface area contributed by atoms with Crippen molar-refractivity contribution in [3.05, 3.63) is 52.4 Å². The van der Waals surface area contributed by atoms with Crippen LogP contribution in [0, 0.1) is 5.82 Å². The summed E-state index contributed by atoms with van der Waals surface area (Å²) in [6, 6.07) is 6.08. The van der Waals surface area contributed by atoms with Gasteiger partial charge in [-0.1, -0.05) is 24.6 Å². The number of methoxy groups -OCH3 is 1. The number of nitrogens with one attached hydrogen (secondary N) is 2. The van der Waals surface area contributed by atoms with Crippen molar-refractivity contribution in [3.63, 3.8) is 0 Å². The lowest BCUT2D eigenvalue weighted by molar-refractivity contribution is 0.0951. The number of carbonyl (C=O) groups excluding carboxylic acids is 1. The van der Waals surface area contributed by atoms with Gasteiger partial charge in [-0.2, -0.15) is 0 Å². The lowest BCUT2D eigenvalue weighted by atomic mass is 10.2. The Morgan fingerprint density at radius 3 is 2.83 bits per heavy atom. The van der Waals surface area contributed by atoms with E-state index in [0.29, 0.717) is 22.9 Å². The molecule has 24 heavy (non-hydrogen) atoms. The molecule has 0 bridgehead atoms. The Kier molecular flexibility index (Phi) is 6.37. The fourth-order valence-corrected chi connectivity index (χ4v) is 2.35. The summed E-state index contributed by atoms with van der Waals surface area (Å²) in [5.41, 5.74) is 0.895. The SMILES string of the molecule is CCCNc1nccc(Cl)c1C(=O)NCc1ccc(OC)c(F)c1. The Balaban J connectivity index is 2.11. The average Bonchev–Trinajstić information content (AvgIpc) is 2.58. The summed E-state index contributed by atoms with van der Waals surface area (Å²) >= 11 is 6.13. The van der Waals surface area contributed by atoms with Crippen molar-refractivity contribution < 1.29 is 13.9 Å². The molecule has 0 aliphatic carbocycles. The van der Waals surface area contributed by atoms with Gasteiger partial charge in [-0.05, 0) is 30.2 Å². The van der Waals surface area contributed by atoms with Gasteiger partial charge in [0, 0.05) is 19.3 Å². The second-order valence-electron chi connectivity index (χ2n) is 5.09. The summed E-state index contributed by atoms with van der Waals surface area (Å²) < 4.78 is 18.6. The maximum Gasteiger partial charge on any atom is 0.256 e. The van der Waals surface area contributed by atoms with E-state index in [1.54, 1.807) is 12.1 Å². The molecule has 1 aromatic heterocycles. The van der Waals surface area contributed by atoms with Gasteiger partial charge in [-0.3, -0.25) is 4.79 Å². The van der Waals surface area contributed by atoms with E-state index in [1.165, 1.54) is 25.4 Å². The van der Waals surface area contributed by atoms with Crippen molar-refractivity contribution in [2.75, 3.05) is 19.0 Å². The Morgan fingerprint density at radius 1 is 1.38 bits per heavy atom. The standard InChI is InChI=1S/C17H19ClFN3O2/c1-3-7-20-16-15(12(18)6-8-21-16)17(23)22-10-11-4-5-14(24-2)13(19)9-11/h4-6,8-9H,3,7,10H2,1-2H3,(H,20,21)(H,22,23). The van der Waals surface area contributed by atoms with Crippen LogP contribution in [0.4, 0.5) is 10.2 Å². The zero-order chi connectivity index (χ0) is 17.5. The van der Waals surface area contributed by atoms with Crippen molar-refractivity contribution in [2.45, 2.75) is 19.9 Å². The van der Waals surface area contributed by atoms with Crippen LogP contribution in [0.1, 0.15) is 29.3 Å². The summed E-state index contributed by atoms with van der Waals surface area (Å²) in [5, 5.41) is 6.11. The summed E-state index contributed by atoms with van der Waals surface area (Å²) in [6.45, 7) is 2.85. The maximum absolute atomic E-state index is 13.7. The van der Waals surface area contributed by atoms with Crippen LogP contribution in [0.5, 0.6) is 5.75 Å². The monoisotopic (exact) mass is 351 g/mol. The maximum atomic E-state index is 13.7. The number of hydrogen-bond donors (Lipinski definition) is 2. The second kappa shape index (κ2) is 8.49. The number of aromatic nitrogens is 1. The Morgan fingerprint density at radius 2 is 2.17 bits per heavy atom. The van der Waals surface area contributed by atoms with Gasteiger partial charge >= 0.3 is 0 Å². The molecule has 0 fully saturated rings. The molecule has 0 atom stereocenters. The Bertz CT molecular complexity index is 725. The van der Waals surface area contributed by atoms with Crippen LogP contribution in [0.2, 0.25) is 5.02 Å². The first-order chi connectivity index (χ1) is 11.6. The van der Waals surface area contributed by atoms with Crippen LogP contribution >= 0.6 is 11.6 Å². The number of rotatable bonds is 7. The molecule has 0 saturated carbocycles. The van der Waals surface area contributed by atoms with E-state index < -0.39 is 5.82 Å². The molecule has 0 aliphatic heterocycles. The molecule has 5 nitrogen and oxygen atoms in total. The third kappa shape index (κ3) is 4.35. The summed E-state index contributed by atoms with van der Waals surface area (Å²) in [7, 11) is 1.40. The zero-order valence-corrected chi connectivity index (χ0v) is 14.3. The highest BCUT2D eigenvalue weighted by molar-refractivity contribution is 6.34. The molecule has 0 spiro atoms. The lowest BCUT2D eigenvalue weighted by Crippen LogP contribution is -2.25. The van der Waals surface area contributed by atoms with Crippen LogP contribution < -0.4 is 15.4 Å². The second-order valence-corrected chi connectivity index (χ2v) is 5.50. The minimum atomic E-state index is -0.478. The third-order valence-electron chi connectivity index (χ3n) is 3.34. The van der Waals surface area contributed by atoms with Crippen molar-refractivity contribution in [2.24, 2.45) is 0 Å². The molecule has 1 amide bonds. The topological polar surface area (TPSA) is 63.2 Å². The van der Waals surface area contributed by atoms with Gasteiger partial charge in [-0.25, -0.2) is 9.37 Å². The van der Waals surface area contributed by atoms with E-state index >= 15 is 0 Å². The predicted molar refractivity (Wildman–Crippen MR) is 92.1 cm³/mol. The van der Waals surface area contributed by atoms with Gasteiger partial charge in [-0.15, -0.1) is 0 Å². The van der Waals surface area contributed by atoms with Crippen LogP contribution in [-0.2, 0) is 6.54 Å². The van der Waals surface area contributed by atoms with Gasteiger partial charge in [0.05, 0.1) is 12.1 Å². The van der Waals surface area contributed by atoms with Crippen LogP contribution in [-0.4, -0.2) is 24.5 Å². The fourth-order valence-electron chi connectivity index (χ4n) is 2.12. The highest BCUT2D eigenvalue weighted by Gasteiger charge is 2.16. The molecule has 0 unspecified atom stereocenters. The van der Waals surface area contributed by atoms with Crippen molar-refractivity contribution in [1.29, 1.82) is 0 Å². The summed E-state index contributed by atoms with van der Waals surface area (Å²) in [4.78, 5) is 16.6. The molecule has 0 radical (unpaired) electrons. The minimum absolute atomic E-state index is 0.159. The normalized spacial score (nSPS) is 10.3. The van der Waals surface area contributed by atoms with E-state index in [2.05, 4.69) is 15.6 Å². The summed E-state index contributed by atoms with van der Waals surface area (Å²) in [5.74, 6) is -0.258. The van der Waals surface area contributed by atoms with E-state index in [4.69, 9.17) is 16.3 Å². The number of anilines is 1. The lowest BCUT2D eigenvalue weighted by Gasteiger charge is -2.12. The fraction of sp³-hybridized carbons (Fsp3) is 0.294. The Labute approximate surface area is 145 Å². The Hall–Kier alpha value is -2.34. The van der Waals surface area contributed by atoms with Crippen LogP contribution in [0.25, 0.3) is 0 Å².